The molecular weight excluding hydrogens is 290 g/mol. The van der Waals surface area contributed by atoms with Gasteiger partial charge < -0.3 is 9.52 Å². The van der Waals surface area contributed by atoms with Crippen molar-refractivity contribution in [2.45, 2.75) is 30.9 Å². The molecule has 1 unspecified atom stereocenters. The molecule has 114 valence electrons. The van der Waals surface area contributed by atoms with Crippen LogP contribution in [-0.2, 0) is 16.6 Å². The Bertz CT molecular complexity index is 679. The number of benzene rings is 1. The molecule has 1 aromatic heterocycles. The lowest BCUT2D eigenvalue weighted by Crippen LogP contribution is -2.26. The topological polar surface area (TPSA) is 70.8 Å². The van der Waals surface area contributed by atoms with E-state index in [1.54, 1.807) is 18.2 Å². The summed E-state index contributed by atoms with van der Waals surface area (Å²) in [7, 11) is -2.08. The Morgan fingerprint density at radius 2 is 2.10 bits per heavy atom. The number of aliphatic hydroxyl groups excluding tert-OH is 1. The normalized spacial score (nSPS) is 13.5. The van der Waals surface area contributed by atoms with Crippen molar-refractivity contribution in [2.75, 3.05) is 7.05 Å². The van der Waals surface area contributed by atoms with E-state index in [-0.39, 0.29) is 11.4 Å². The quantitative estimate of drug-likeness (QED) is 0.890. The van der Waals surface area contributed by atoms with Crippen LogP contribution in [0.3, 0.4) is 0 Å². The zero-order valence-corrected chi connectivity index (χ0v) is 12.9. The van der Waals surface area contributed by atoms with Gasteiger partial charge in [0.05, 0.1) is 23.5 Å². The maximum absolute atomic E-state index is 12.5. The van der Waals surface area contributed by atoms with Crippen molar-refractivity contribution < 1.29 is 17.9 Å². The fraction of sp³-hybridized carbons (Fsp3) is 0.333. The van der Waals surface area contributed by atoms with Crippen LogP contribution in [0.1, 0.15) is 30.6 Å². The molecule has 6 heteroatoms. The van der Waals surface area contributed by atoms with Gasteiger partial charge in [-0.3, -0.25) is 0 Å². The van der Waals surface area contributed by atoms with Crippen LogP contribution < -0.4 is 0 Å². The lowest BCUT2D eigenvalue weighted by Gasteiger charge is -2.17. The third kappa shape index (κ3) is 3.53. The van der Waals surface area contributed by atoms with E-state index < -0.39 is 16.1 Å². The largest absolute Gasteiger partial charge is 0.472 e. The first-order chi connectivity index (χ1) is 9.95. The second-order valence-electron chi connectivity index (χ2n) is 4.89. The number of aliphatic hydroxyl groups is 1. The standard InChI is InChI=1S/C15H19NO4S/c1-3-15(17)13-5-4-6-14(9-13)21(18,19)16(2)10-12-7-8-20-11-12/h4-9,11,15,17H,3,10H2,1-2H3. The van der Waals surface area contributed by atoms with E-state index in [9.17, 15) is 13.5 Å². The van der Waals surface area contributed by atoms with Crippen LogP contribution in [0.2, 0.25) is 0 Å². The summed E-state index contributed by atoms with van der Waals surface area (Å²) in [6.07, 6.45) is 2.91. The Hall–Kier alpha value is -1.63. The van der Waals surface area contributed by atoms with Gasteiger partial charge in [0.15, 0.2) is 0 Å². The fourth-order valence-corrected chi connectivity index (χ4v) is 3.24. The van der Waals surface area contributed by atoms with Crippen LogP contribution >= 0.6 is 0 Å². The molecule has 0 aliphatic rings. The van der Waals surface area contributed by atoms with Crippen LogP contribution in [0.5, 0.6) is 0 Å². The minimum atomic E-state index is -3.60. The van der Waals surface area contributed by atoms with Crippen molar-refractivity contribution in [1.29, 1.82) is 0 Å². The molecular formula is C15H19NO4S. The number of rotatable bonds is 6. The summed E-state index contributed by atoms with van der Waals surface area (Å²) in [5.74, 6) is 0. The Morgan fingerprint density at radius 1 is 1.33 bits per heavy atom. The average Bonchev–Trinajstić information content (AvgIpc) is 2.99. The Kier molecular flexibility index (Phi) is 4.82. The summed E-state index contributed by atoms with van der Waals surface area (Å²) in [6.45, 7) is 2.08. The van der Waals surface area contributed by atoms with E-state index in [0.29, 0.717) is 12.0 Å². The van der Waals surface area contributed by atoms with E-state index in [1.807, 2.05) is 6.92 Å². The summed E-state index contributed by atoms with van der Waals surface area (Å²) < 4.78 is 31.3. The summed E-state index contributed by atoms with van der Waals surface area (Å²) in [5, 5.41) is 9.84. The molecule has 0 bridgehead atoms. The number of furan rings is 1. The van der Waals surface area contributed by atoms with Gasteiger partial charge in [-0.15, -0.1) is 0 Å². The molecule has 2 rings (SSSR count). The van der Waals surface area contributed by atoms with Crippen LogP contribution in [-0.4, -0.2) is 24.9 Å². The summed E-state index contributed by atoms with van der Waals surface area (Å²) in [6, 6.07) is 8.15. The van der Waals surface area contributed by atoms with Crippen molar-refractivity contribution >= 4 is 10.0 Å². The lowest BCUT2D eigenvalue weighted by atomic mass is 10.1. The molecule has 0 radical (unpaired) electrons. The molecule has 1 atom stereocenters. The number of sulfonamides is 1. The van der Waals surface area contributed by atoms with Crippen LogP contribution in [0.25, 0.3) is 0 Å². The molecule has 0 amide bonds. The molecule has 0 aliphatic carbocycles. The molecule has 1 N–H and O–H groups in total. The molecule has 0 aliphatic heterocycles. The highest BCUT2D eigenvalue weighted by Gasteiger charge is 2.22. The summed E-state index contributed by atoms with van der Waals surface area (Å²) >= 11 is 0. The molecule has 1 heterocycles. The number of hydrogen-bond donors (Lipinski definition) is 1. The SMILES string of the molecule is CCC(O)c1cccc(S(=O)(=O)N(C)Cc2ccoc2)c1. The second kappa shape index (κ2) is 6.43. The van der Waals surface area contributed by atoms with Gasteiger partial charge in [-0.2, -0.15) is 4.31 Å². The highest BCUT2D eigenvalue weighted by Crippen LogP contribution is 2.22. The maximum Gasteiger partial charge on any atom is 0.243 e. The van der Waals surface area contributed by atoms with Gasteiger partial charge in [0, 0.05) is 19.2 Å². The predicted molar refractivity (Wildman–Crippen MR) is 79.1 cm³/mol. The molecule has 0 saturated carbocycles. The first-order valence-electron chi connectivity index (χ1n) is 6.70. The zero-order valence-electron chi connectivity index (χ0n) is 12.1. The van der Waals surface area contributed by atoms with Crippen LogP contribution in [0.4, 0.5) is 0 Å². The van der Waals surface area contributed by atoms with Gasteiger partial charge in [0.25, 0.3) is 0 Å². The highest BCUT2D eigenvalue weighted by atomic mass is 32.2. The molecule has 5 nitrogen and oxygen atoms in total. The number of hydrogen-bond acceptors (Lipinski definition) is 4. The van der Waals surface area contributed by atoms with Gasteiger partial charge in [-0.05, 0) is 30.2 Å². The van der Waals surface area contributed by atoms with E-state index in [1.165, 1.54) is 36.0 Å². The van der Waals surface area contributed by atoms with Crippen molar-refractivity contribution in [3.8, 4) is 0 Å². The van der Waals surface area contributed by atoms with Crippen molar-refractivity contribution in [3.05, 3.63) is 54.0 Å². The van der Waals surface area contributed by atoms with Crippen molar-refractivity contribution in [1.82, 2.24) is 4.31 Å². The van der Waals surface area contributed by atoms with Crippen molar-refractivity contribution in [2.24, 2.45) is 0 Å². The minimum absolute atomic E-state index is 0.179. The zero-order chi connectivity index (χ0) is 15.5. The summed E-state index contributed by atoms with van der Waals surface area (Å²) in [4.78, 5) is 0.179. The van der Waals surface area contributed by atoms with Gasteiger partial charge in [0.2, 0.25) is 10.0 Å². The third-order valence-electron chi connectivity index (χ3n) is 3.32. The molecule has 2 aromatic rings. The van der Waals surface area contributed by atoms with Gasteiger partial charge in [0.1, 0.15) is 0 Å². The highest BCUT2D eigenvalue weighted by molar-refractivity contribution is 7.89. The molecule has 21 heavy (non-hydrogen) atoms. The first kappa shape index (κ1) is 15.8. The van der Waals surface area contributed by atoms with E-state index >= 15 is 0 Å². The molecule has 0 saturated heterocycles. The maximum atomic E-state index is 12.5. The Morgan fingerprint density at radius 3 is 2.71 bits per heavy atom. The van der Waals surface area contributed by atoms with E-state index in [2.05, 4.69) is 0 Å². The van der Waals surface area contributed by atoms with Crippen molar-refractivity contribution in [3.63, 3.8) is 0 Å². The average molecular weight is 309 g/mol. The Labute approximate surface area is 124 Å². The molecule has 0 spiro atoms. The molecule has 0 fully saturated rings. The number of nitrogens with zero attached hydrogens (tertiary/aromatic N) is 1. The Balaban J connectivity index is 2.26. The van der Waals surface area contributed by atoms with E-state index in [0.717, 1.165) is 5.56 Å². The van der Waals surface area contributed by atoms with Gasteiger partial charge in [-0.25, -0.2) is 8.42 Å². The fourth-order valence-electron chi connectivity index (χ4n) is 2.02. The van der Waals surface area contributed by atoms with Gasteiger partial charge >= 0.3 is 0 Å². The first-order valence-corrected chi connectivity index (χ1v) is 8.14. The predicted octanol–water partition coefficient (Wildman–Crippen LogP) is 2.54. The molecule has 1 aromatic carbocycles. The van der Waals surface area contributed by atoms with Crippen LogP contribution in [0, 0.1) is 0 Å². The van der Waals surface area contributed by atoms with Crippen LogP contribution in [0.15, 0.2) is 52.2 Å². The third-order valence-corrected chi connectivity index (χ3v) is 5.12. The van der Waals surface area contributed by atoms with E-state index in [4.69, 9.17) is 4.42 Å². The second-order valence-corrected chi connectivity index (χ2v) is 6.93. The smallest absolute Gasteiger partial charge is 0.243 e. The van der Waals surface area contributed by atoms with Gasteiger partial charge in [-0.1, -0.05) is 19.1 Å². The monoisotopic (exact) mass is 309 g/mol. The minimum Gasteiger partial charge on any atom is -0.472 e. The summed E-state index contributed by atoms with van der Waals surface area (Å²) in [5.41, 5.74) is 1.39. The lowest BCUT2D eigenvalue weighted by molar-refractivity contribution is 0.173.